The van der Waals surface area contributed by atoms with E-state index in [-0.39, 0.29) is 0 Å². The van der Waals surface area contributed by atoms with Gasteiger partial charge < -0.3 is 10.6 Å². The minimum atomic E-state index is 0.684. The van der Waals surface area contributed by atoms with Crippen LogP contribution in [0.3, 0.4) is 0 Å². The average Bonchev–Trinajstić information content (AvgIpc) is 2.30. The van der Waals surface area contributed by atoms with Gasteiger partial charge in [0.25, 0.3) is 0 Å². The molecule has 0 aliphatic carbocycles. The van der Waals surface area contributed by atoms with E-state index in [0.717, 1.165) is 12.2 Å². The van der Waals surface area contributed by atoms with E-state index >= 15 is 0 Å². The molecule has 0 radical (unpaired) electrons. The molecule has 1 saturated heterocycles. The molecule has 1 aromatic rings. The average molecular weight is 204 g/mol. The van der Waals surface area contributed by atoms with Gasteiger partial charge in [-0.3, -0.25) is 0 Å². The summed E-state index contributed by atoms with van der Waals surface area (Å²) in [4.78, 5) is 2.48. The van der Waals surface area contributed by atoms with Gasteiger partial charge in [0.15, 0.2) is 0 Å². The molecule has 0 bridgehead atoms. The lowest BCUT2D eigenvalue weighted by molar-refractivity contribution is 0.450. The molecule has 0 saturated carbocycles. The highest BCUT2D eigenvalue weighted by molar-refractivity contribution is 5.67. The van der Waals surface area contributed by atoms with E-state index < -0.39 is 0 Å². The fourth-order valence-electron chi connectivity index (χ4n) is 2.49. The molecule has 1 heterocycles. The highest BCUT2D eigenvalue weighted by Gasteiger charge is 2.21. The summed E-state index contributed by atoms with van der Waals surface area (Å²) in [6.07, 6.45) is 5.19. The molecule has 2 N–H and O–H groups in total. The highest BCUT2D eigenvalue weighted by atomic mass is 15.2. The number of hydrogen-bond donors (Lipinski definition) is 1. The molecular weight excluding hydrogens is 184 g/mol. The molecule has 0 aromatic heterocycles. The van der Waals surface area contributed by atoms with Gasteiger partial charge in [0.1, 0.15) is 0 Å². The summed E-state index contributed by atoms with van der Waals surface area (Å²) in [6, 6.07) is 8.90. The standard InChI is InChI=1S/C13H20N2/c1-2-11-7-5-6-10-15(11)13-9-4-3-8-12(13)14/h3-4,8-9,11H,2,5-7,10,14H2,1H3. The van der Waals surface area contributed by atoms with Crippen molar-refractivity contribution >= 4 is 11.4 Å². The number of para-hydroxylation sites is 2. The number of benzene rings is 1. The molecule has 0 amide bonds. The van der Waals surface area contributed by atoms with Crippen LogP contribution >= 0.6 is 0 Å². The maximum absolute atomic E-state index is 6.03. The van der Waals surface area contributed by atoms with Crippen LogP contribution in [0, 0.1) is 0 Å². The van der Waals surface area contributed by atoms with Crippen molar-refractivity contribution in [2.75, 3.05) is 17.2 Å². The van der Waals surface area contributed by atoms with Crippen molar-refractivity contribution < 1.29 is 0 Å². The second kappa shape index (κ2) is 4.56. The van der Waals surface area contributed by atoms with Gasteiger partial charge in [0, 0.05) is 12.6 Å². The first-order valence-electron chi connectivity index (χ1n) is 5.94. The number of rotatable bonds is 2. The molecule has 1 aliphatic rings. The highest BCUT2D eigenvalue weighted by Crippen LogP contribution is 2.30. The second-order valence-electron chi connectivity index (χ2n) is 4.31. The summed E-state index contributed by atoms with van der Waals surface area (Å²) in [5.41, 5.74) is 8.17. The van der Waals surface area contributed by atoms with Crippen molar-refractivity contribution in [2.24, 2.45) is 0 Å². The quantitative estimate of drug-likeness (QED) is 0.750. The number of anilines is 2. The number of nitrogen functional groups attached to an aromatic ring is 1. The molecule has 2 nitrogen and oxygen atoms in total. The topological polar surface area (TPSA) is 29.3 Å². The first-order chi connectivity index (χ1) is 7.33. The van der Waals surface area contributed by atoms with Gasteiger partial charge in [-0.05, 0) is 37.8 Å². The van der Waals surface area contributed by atoms with Gasteiger partial charge in [-0.15, -0.1) is 0 Å². The molecule has 1 aromatic carbocycles. The van der Waals surface area contributed by atoms with Crippen molar-refractivity contribution in [3.63, 3.8) is 0 Å². The largest absolute Gasteiger partial charge is 0.397 e. The zero-order chi connectivity index (χ0) is 10.7. The Bertz CT molecular complexity index is 322. The van der Waals surface area contributed by atoms with Crippen LogP contribution in [0.1, 0.15) is 32.6 Å². The first-order valence-corrected chi connectivity index (χ1v) is 5.94. The van der Waals surface area contributed by atoms with Crippen LogP contribution in [-0.2, 0) is 0 Å². The van der Waals surface area contributed by atoms with Crippen molar-refractivity contribution in [1.29, 1.82) is 0 Å². The second-order valence-corrected chi connectivity index (χ2v) is 4.31. The van der Waals surface area contributed by atoms with Crippen LogP contribution < -0.4 is 10.6 Å². The zero-order valence-corrected chi connectivity index (χ0v) is 9.45. The fourth-order valence-corrected chi connectivity index (χ4v) is 2.49. The Morgan fingerprint density at radius 3 is 2.87 bits per heavy atom. The van der Waals surface area contributed by atoms with Crippen molar-refractivity contribution in [1.82, 2.24) is 0 Å². The zero-order valence-electron chi connectivity index (χ0n) is 9.45. The minimum Gasteiger partial charge on any atom is -0.397 e. The van der Waals surface area contributed by atoms with E-state index in [1.165, 1.54) is 31.4 Å². The Morgan fingerprint density at radius 1 is 1.33 bits per heavy atom. The van der Waals surface area contributed by atoms with Crippen LogP contribution in [0.25, 0.3) is 0 Å². The Labute approximate surface area is 92.1 Å². The Kier molecular flexibility index (Phi) is 3.14. The van der Waals surface area contributed by atoms with Crippen LogP contribution in [0.4, 0.5) is 11.4 Å². The number of nitrogens with zero attached hydrogens (tertiary/aromatic N) is 1. The molecule has 82 valence electrons. The lowest BCUT2D eigenvalue weighted by atomic mass is 9.99. The molecule has 1 aliphatic heterocycles. The molecule has 2 rings (SSSR count). The molecule has 2 heteroatoms. The summed E-state index contributed by atoms with van der Waals surface area (Å²) >= 11 is 0. The van der Waals surface area contributed by atoms with E-state index in [1.807, 2.05) is 12.1 Å². The predicted molar refractivity (Wildman–Crippen MR) is 66.1 cm³/mol. The lowest BCUT2D eigenvalue weighted by Gasteiger charge is -2.37. The maximum Gasteiger partial charge on any atom is 0.0602 e. The van der Waals surface area contributed by atoms with Gasteiger partial charge in [-0.25, -0.2) is 0 Å². The maximum atomic E-state index is 6.03. The summed E-state index contributed by atoms with van der Waals surface area (Å²) in [5.74, 6) is 0. The normalized spacial score (nSPS) is 21.7. The predicted octanol–water partition coefficient (Wildman–Crippen LogP) is 3.04. The minimum absolute atomic E-state index is 0.684. The molecule has 1 unspecified atom stereocenters. The van der Waals surface area contributed by atoms with Crippen LogP contribution in [-0.4, -0.2) is 12.6 Å². The van der Waals surface area contributed by atoms with Gasteiger partial charge in [0.2, 0.25) is 0 Å². The molecular formula is C13H20N2. The van der Waals surface area contributed by atoms with Crippen molar-refractivity contribution in [3.05, 3.63) is 24.3 Å². The monoisotopic (exact) mass is 204 g/mol. The van der Waals surface area contributed by atoms with E-state index in [4.69, 9.17) is 5.73 Å². The first kappa shape index (κ1) is 10.3. The van der Waals surface area contributed by atoms with Gasteiger partial charge >= 0.3 is 0 Å². The Morgan fingerprint density at radius 2 is 2.13 bits per heavy atom. The molecule has 1 fully saturated rings. The summed E-state index contributed by atoms with van der Waals surface area (Å²) in [7, 11) is 0. The third-order valence-electron chi connectivity index (χ3n) is 3.34. The van der Waals surface area contributed by atoms with Gasteiger partial charge in [-0.2, -0.15) is 0 Å². The van der Waals surface area contributed by atoms with Crippen LogP contribution in [0.2, 0.25) is 0 Å². The van der Waals surface area contributed by atoms with E-state index in [1.54, 1.807) is 0 Å². The fraction of sp³-hybridized carbons (Fsp3) is 0.538. The SMILES string of the molecule is CCC1CCCCN1c1ccccc1N. The third kappa shape index (κ3) is 2.09. The molecule has 15 heavy (non-hydrogen) atoms. The Balaban J connectivity index is 2.24. The number of piperidine rings is 1. The number of hydrogen-bond acceptors (Lipinski definition) is 2. The van der Waals surface area contributed by atoms with Gasteiger partial charge in [0.05, 0.1) is 11.4 Å². The smallest absolute Gasteiger partial charge is 0.0602 e. The lowest BCUT2D eigenvalue weighted by Crippen LogP contribution is -2.39. The van der Waals surface area contributed by atoms with Crippen LogP contribution in [0.5, 0.6) is 0 Å². The summed E-state index contributed by atoms with van der Waals surface area (Å²) in [6.45, 7) is 3.43. The van der Waals surface area contributed by atoms with E-state index in [0.29, 0.717) is 6.04 Å². The molecule has 0 spiro atoms. The van der Waals surface area contributed by atoms with E-state index in [2.05, 4.69) is 24.0 Å². The van der Waals surface area contributed by atoms with Crippen molar-refractivity contribution in [2.45, 2.75) is 38.6 Å². The summed E-state index contributed by atoms with van der Waals surface area (Å²) in [5, 5.41) is 0. The van der Waals surface area contributed by atoms with Crippen LogP contribution in [0.15, 0.2) is 24.3 Å². The Hall–Kier alpha value is -1.18. The summed E-state index contributed by atoms with van der Waals surface area (Å²) < 4.78 is 0. The number of nitrogens with two attached hydrogens (primary N) is 1. The van der Waals surface area contributed by atoms with E-state index in [9.17, 15) is 0 Å². The third-order valence-corrected chi connectivity index (χ3v) is 3.34. The molecule has 1 atom stereocenters. The van der Waals surface area contributed by atoms with Gasteiger partial charge in [-0.1, -0.05) is 19.1 Å². The van der Waals surface area contributed by atoms with Crippen molar-refractivity contribution in [3.8, 4) is 0 Å².